The highest BCUT2D eigenvalue weighted by Crippen LogP contribution is 2.31. The molecule has 0 saturated carbocycles. The Morgan fingerprint density at radius 1 is 1.33 bits per heavy atom. The van der Waals surface area contributed by atoms with Gasteiger partial charge in [0.05, 0.1) is 11.4 Å². The van der Waals surface area contributed by atoms with Gasteiger partial charge >= 0.3 is 0 Å². The van der Waals surface area contributed by atoms with Crippen molar-refractivity contribution in [1.29, 1.82) is 0 Å². The SMILES string of the molecule is CCC(CC)(C(=O)Nc1ccccc1N(C)C)/C(N)=N/O. The molecule has 1 amide bonds. The molecule has 0 heterocycles. The van der Waals surface area contributed by atoms with E-state index in [4.69, 9.17) is 10.9 Å². The van der Waals surface area contributed by atoms with Crippen LogP contribution in [0.3, 0.4) is 0 Å². The summed E-state index contributed by atoms with van der Waals surface area (Å²) in [6.45, 7) is 3.69. The number of amides is 1. The zero-order valence-corrected chi connectivity index (χ0v) is 13.1. The molecule has 0 aromatic heterocycles. The van der Waals surface area contributed by atoms with Crippen LogP contribution in [0, 0.1) is 5.41 Å². The predicted octanol–water partition coefficient (Wildman–Crippen LogP) is 2.24. The smallest absolute Gasteiger partial charge is 0.238 e. The predicted molar refractivity (Wildman–Crippen MR) is 85.8 cm³/mol. The standard InChI is InChI=1S/C15H24N4O2/c1-5-15(6-2,13(16)18-21)14(20)17-11-9-7-8-10-12(11)19(3)4/h7-10,21H,5-6H2,1-4H3,(H2,16,18)(H,17,20). The Bertz CT molecular complexity index is 522. The van der Waals surface area contributed by atoms with Gasteiger partial charge in [-0.05, 0) is 25.0 Å². The number of benzene rings is 1. The van der Waals surface area contributed by atoms with Crippen molar-refractivity contribution in [3.05, 3.63) is 24.3 Å². The number of nitrogens with zero attached hydrogens (tertiary/aromatic N) is 2. The molecule has 0 fully saturated rings. The molecular formula is C15H24N4O2. The summed E-state index contributed by atoms with van der Waals surface area (Å²) in [4.78, 5) is 14.6. The Morgan fingerprint density at radius 3 is 2.38 bits per heavy atom. The van der Waals surface area contributed by atoms with Crippen molar-refractivity contribution in [2.75, 3.05) is 24.3 Å². The second-order valence-corrected chi connectivity index (χ2v) is 5.14. The molecule has 0 aliphatic carbocycles. The Balaban J connectivity index is 3.15. The molecule has 0 radical (unpaired) electrons. The van der Waals surface area contributed by atoms with Crippen molar-refractivity contribution in [3.8, 4) is 0 Å². The van der Waals surface area contributed by atoms with E-state index in [1.807, 2.05) is 57.1 Å². The molecule has 0 spiro atoms. The highest BCUT2D eigenvalue weighted by molar-refractivity contribution is 6.12. The number of nitrogens with one attached hydrogen (secondary N) is 1. The van der Waals surface area contributed by atoms with Gasteiger partial charge in [-0.2, -0.15) is 0 Å². The third kappa shape index (κ3) is 3.26. The summed E-state index contributed by atoms with van der Waals surface area (Å²) in [6, 6.07) is 7.50. The number of hydrogen-bond acceptors (Lipinski definition) is 4. The lowest BCUT2D eigenvalue weighted by Crippen LogP contribution is -2.46. The van der Waals surface area contributed by atoms with Gasteiger partial charge in [-0.3, -0.25) is 4.79 Å². The molecule has 6 nitrogen and oxygen atoms in total. The van der Waals surface area contributed by atoms with E-state index in [0.29, 0.717) is 18.5 Å². The molecule has 6 heteroatoms. The van der Waals surface area contributed by atoms with Gasteiger partial charge in [0.15, 0.2) is 5.84 Å². The topological polar surface area (TPSA) is 91.0 Å². The average molecular weight is 292 g/mol. The second kappa shape index (κ2) is 6.97. The maximum atomic E-state index is 12.7. The van der Waals surface area contributed by atoms with E-state index in [9.17, 15) is 4.79 Å². The molecule has 1 aromatic carbocycles. The van der Waals surface area contributed by atoms with Gasteiger partial charge in [0.2, 0.25) is 5.91 Å². The van der Waals surface area contributed by atoms with Gasteiger partial charge in [-0.25, -0.2) is 0 Å². The van der Waals surface area contributed by atoms with Crippen LogP contribution in [-0.4, -0.2) is 31.0 Å². The van der Waals surface area contributed by atoms with Crippen LogP contribution in [0.5, 0.6) is 0 Å². The molecule has 4 N–H and O–H groups in total. The van der Waals surface area contributed by atoms with Crippen molar-refractivity contribution in [3.63, 3.8) is 0 Å². The van der Waals surface area contributed by atoms with Crippen LogP contribution in [0.1, 0.15) is 26.7 Å². The van der Waals surface area contributed by atoms with Crippen LogP contribution in [-0.2, 0) is 4.79 Å². The van der Waals surface area contributed by atoms with Crippen molar-refractivity contribution in [2.45, 2.75) is 26.7 Å². The molecule has 1 aromatic rings. The maximum Gasteiger partial charge on any atom is 0.238 e. The summed E-state index contributed by atoms with van der Waals surface area (Å²) >= 11 is 0. The number of carbonyl (C=O) groups excluding carboxylic acids is 1. The van der Waals surface area contributed by atoms with Crippen molar-refractivity contribution in [2.24, 2.45) is 16.3 Å². The van der Waals surface area contributed by atoms with Crippen molar-refractivity contribution in [1.82, 2.24) is 0 Å². The van der Waals surface area contributed by atoms with E-state index in [-0.39, 0.29) is 11.7 Å². The first-order valence-corrected chi connectivity index (χ1v) is 6.98. The van der Waals surface area contributed by atoms with Crippen LogP contribution in [0.4, 0.5) is 11.4 Å². The van der Waals surface area contributed by atoms with Gasteiger partial charge in [0.1, 0.15) is 5.41 Å². The Hall–Kier alpha value is -2.24. The number of carbonyl (C=O) groups is 1. The van der Waals surface area contributed by atoms with Gasteiger partial charge in [0, 0.05) is 14.1 Å². The van der Waals surface area contributed by atoms with Gasteiger partial charge < -0.3 is 21.2 Å². The van der Waals surface area contributed by atoms with Gasteiger partial charge in [-0.15, -0.1) is 0 Å². The van der Waals surface area contributed by atoms with Crippen LogP contribution >= 0.6 is 0 Å². The Kier molecular flexibility index (Phi) is 5.58. The number of para-hydroxylation sites is 2. The highest BCUT2D eigenvalue weighted by Gasteiger charge is 2.40. The number of anilines is 2. The third-order valence-corrected chi connectivity index (χ3v) is 3.87. The van der Waals surface area contributed by atoms with E-state index in [1.165, 1.54) is 0 Å². The minimum Gasteiger partial charge on any atom is -0.409 e. The minimum absolute atomic E-state index is 0.0627. The molecule has 116 valence electrons. The number of hydrogen-bond donors (Lipinski definition) is 3. The average Bonchev–Trinajstić information content (AvgIpc) is 2.49. The fourth-order valence-electron chi connectivity index (χ4n) is 2.36. The molecule has 0 unspecified atom stereocenters. The lowest BCUT2D eigenvalue weighted by Gasteiger charge is -2.29. The molecule has 0 aliphatic rings. The zero-order valence-electron chi connectivity index (χ0n) is 13.1. The molecule has 21 heavy (non-hydrogen) atoms. The van der Waals surface area contributed by atoms with Crippen LogP contribution in [0.2, 0.25) is 0 Å². The van der Waals surface area contributed by atoms with E-state index in [0.717, 1.165) is 5.69 Å². The summed E-state index contributed by atoms with van der Waals surface area (Å²) in [5.74, 6) is -0.329. The van der Waals surface area contributed by atoms with Gasteiger partial charge in [0.25, 0.3) is 0 Å². The molecule has 0 aliphatic heterocycles. The molecule has 0 bridgehead atoms. The van der Waals surface area contributed by atoms with Gasteiger partial charge in [-0.1, -0.05) is 31.1 Å². The fourth-order valence-corrected chi connectivity index (χ4v) is 2.36. The largest absolute Gasteiger partial charge is 0.409 e. The van der Waals surface area contributed by atoms with Crippen LogP contribution in [0.15, 0.2) is 29.4 Å². The van der Waals surface area contributed by atoms with Crippen LogP contribution in [0.25, 0.3) is 0 Å². The first kappa shape index (κ1) is 16.8. The van der Waals surface area contributed by atoms with E-state index < -0.39 is 5.41 Å². The number of rotatable bonds is 6. The minimum atomic E-state index is -1.01. The first-order valence-electron chi connectivity index (χ1n) is 6.98. The van der Waals surface area contributed by atoms with Crippen molar-refractivity contribution >= 4 is 23.1 Å². The maximum absolute atomic E-state index is 12.7. The molecule has 1 rings (SSSR count). The van der Waals surface area contributed by atoms with Crippen molar-refractivity contribution < 1.29 is 10.0 Å². The molecular weight excluding hydrogens is 268 g/mol. The Morgan fingerprint density at radius 2 is 1.90 bits per heavy atom. The normalized spacial score (nSPS) is 12.1. The summed E-state index contributed by atoms with van der Waals surface area (Å²) < 4.78 is 0. The monoisotopic (exact) mass is 292 g/mol. The fraction of sp³-hybridized carbons (Fsp3) is 0.467. The summed E-state index contributed by atoms with van der Waals surface area (Å²) in [5.41, 5.74) is 6.34. The lowest BCUT2D eigenvalue weighted by atomic mass is 9.80. The second-order valence-electron chi connectivity index (χ2n) is 5.14. The van der Waals surface area contributed by atoms with E-state index in [2.05, 4.69) is 10.5 Å². The van der Waals surface area contributed by atoms with Crippen LogP contribution < -0.4 is 16.0 Å². The number of oxime groups is 1. The quantitative estimate of drug-likeness (QED) is 0.324. The lowest BCUT2D eigenvalue weighted by molar-refractivity contribution is -0.122. The first-order chi connectivity index (χ1) is 9.92. The van der Waals surface area contributed by atoms with E-state index in [1.54, 1.807) is 0 Å². The number of nitrogens with two attached hydrogens (primary N) is 1. The summed E-state index contributed by atoms with van der Waals surface area (Å²) in [5, 5.41) is 14.9. The highest BCUT2D eigenvalue weighted by atomic mass is 16.4. The Labute approximate surface area is 125 Å². The summed E-state index contributed by atoms with van der Waals surface area (Å²) in [7, 11) is 3.81. The summed E-state index contributed by atoms with van der Waals surface area (Å²) in [6.07, 6.45) is 0.907. The molecule has 0 atom stereocenters. The number of amidine groups is 1. The van der Waals surface area contributed by atoms with E-state index >= 15 is 0 Å². The zero-order chi connectivity index (χ0) is 16.0. The molecule has 0 saturated heterocycles. The third-order valence-electron chi connectivity index (χ3n) is 3.87.